The summed E-state index contributed by atoms with van der Waals surface area (Å²) in [6.45, 7) is 3.91. The first-order chi connectivity index (χ1) is 7.08. The van der Waals surface area contributed by atoms with Crippen LogP contribution in [0, 0.1) is 6.92 Å². The highest BCUT2D eigenvalue weighted by molar-refractivity contribution is 6.58. The Morgan fingerprint density at radius 1 is 0.867 bits per heavy atom. The van der Waals surface area contributed by atoms with Gasteiger partial charge in [0.1, 0.15) is 0 Å². The predicted octanol–water partition coefficient (Wildman–Crippen LogP) is 2.49. The first-order valence-corrected chi connectivity index (χ1v) is 6.97. The minimum absolute atomic E-state index is 1.32. The summed E-state index contributed by atoms with van der Waals surface area (Å²) in [6.07, 6.45) is 0. The number of rotatable bonds is 3. The molecule has 86 valence electrons. The summed E-state index contributed by atoms with van der Waals surface area (Å²) in [6, 6.07) is 10.3. The fraction of sp³-hybridized carbons (Fsp3) is 0.455. The summed E-state index contributed by atoms with van der Waals surface area (Å²) in [5.74, 6) is 0. The van der Waals surface area contributed by atoms with Crippen LogP contribution < -0.4 is 0 Å². The van der Waals surface area contributed by atoms with Gasteiger partial charge in [-0.05, 0) is 6.92 Å². The number of benzene rings is 1. The molecule has 0 aliphatic heterocycles. The van der Waals surface area contributed by atoms with Crippen molar-refractivity contribution in [3.05, 3.63) is 35.9 Å². The molecule has 0 radical (unpaired) electrons. The van der Waals surface area contributed by atoms with Crippen molar-refractivity contribution in [3.63, 3.8) is 0 Å². The molecule has 0 spiro atoms. The Kier molecular flexibility index (Phi) is 7.24. The number of aryl methyl sites for hydroxylation is 1. The van der Waals surface area contributed by atoms with Crippen molar-refractivity contribution < 1.29 is 13.3 Å². The van der Waals surface area contributed by atoms with Crippen LogP contribution in [-0.2, 0) is 13.3 Å². The van der Waals surface area contributed by atoms with E-state index in [4.69, 9.17) is 13.3 Å². The van der Waals surface area contributed by atoms with Crippen molar-refractivity contribution in [1.29, 1.82) is 0 Å². The van der Waals surface area contributed by atoms with E-state index in [1.807, 2.05) is 24.7 Å². The Bertz CT molecular complexity index is 239. The molecule has 0 aromatic heterocycles. The van der Waals surface area contributed by atoms with E-state index in [-0.39, 0.29) is 0 Å². The fourth-order valence-corrected chi connectivity index (χ4v) is 1.28. The van der Waals surface area contributed by atoms with Crippen LogP contribution in [0.25, 0.3) is 0 Å². The molecule has 15 heavy (non-hydrogen) atoms. The average Bonchev–Trinajstić information content (AvgIpc) is 2.30. The second kappa shape index (κ2) is 7.59. The molecule has 0 bridgehead atoms. The Labute approximate surface area is 93.4 Å². The van der Waals surface area contributed by atoms with Crippen LogP contribution in [0.4, 0.5) is 0 Å². The van der Waals surface area contributed by atoms with Gasteiger partial charge in [0.2, 0.25) is 0 Å². The van der Waals surface area contributed by atoms with Crippen LogP contribution >= 0.6 is 0 Å². The lowest BCUT2D eigenvalue weighted by Gasteiger charge is -2.18. The number of hydrogen-bond acceptors (Lipinski definition) is 3. The minimum atomic E-state index is -2.17. The standard InChI is InChI=1S/C7H8.C4H12O3Si/c1-7-5-3-2-4-6-7;1-5-8(4,6-2)7-3/h2-6H,1H3;1-4H3. The van der Waals surface area contributed by atoms with Crippen LogP contribution in [-0.4, -0.2) is 30.1 Å². The van der Waals surface area contributed by atoms with Crippen LogP contribution in [0.1, 0.15) is 5.56 Å². The van der Waals surface area contributed by atoms with E-state index in [1.54, 1.807) is 21.3 Å². The smallest absolute Gasteiger partial charge is 0.377 e. The minimum Gasteiger partial charge on any atom is -0.377 e. The van der Waals surface area contributed by atoms with Gasteiger partial charge in [-0.2, -0.15) is 0 Å². The molecular weight excluding hydrogens is 208 g/mol. The first-order valence-electron chi connectivity index (χ1n) is 4.75. The van der Waals surface area contributed by atoms with E-state index in [1.165, 1.54) is 5.56 Å². The van der Waals surface area contributed by atoms with Gasteiger partial charge in [-0.1, -0.05) is 35.9 Å². The van der Waals surface area contributed by atoms with Crippen molar-refractivity contribution in [2.24, 2.45) is 0 Å². The fourth-order valence-electron chi connectivity index (χ4n) is 0.784. The Morgan fingerprint density at radius 2 is 1.27 bits per heavy atom. The highest BCUT2D eigenvalue weighted by Gasteiger charge is 2.29. The zero-order valence-electron chi connectivity index (χ0n) is 10.1. The van der Waals surface area contributed by atoms with Crippen LogP contribution in [0.15, 0.2) is 30.3 Å². The molecule has 0 saturated heterocycles. The molecule has 1 rings (SSSR count). The molecule has 0 aliphatic rings. The molecular formula is C11H20O3Si. The van der Waals surface area contributed by atoms with E-state index < -0.39 is 8.80 Å². The third-order valence-corrected chi connectivity index (χ3v) is 4.28. The maximum absolute atomic E-state index is 4.93. The molecule has 0 amide bonds. The van der Waals surface area contributed by atoms with E-state index in [0.29, 0.717) is 0 Å². The summed E-state index contributed by atoms with van der Waals surface area (Å²) in [7, 11) is 2.58. The molecule has 0 atom stereocenters. The molecule has 4 heteroatoms. The largest absolute Gasteiger partial charge is 0.496 e. The monoisotopic (exact) mass is 228 g/mol. The summed E-state index contributed by atoms with van der Waals surface area (Å²) in [5, 5.41) is 0. The summed E-state index contributed by atoms with van der Waals surface area (Å²) < 4.78 is 14.8. The Hall–Kier alpha value is -0.683. The van der Waals surface area contributed by atoms with Crippen LogP contribution in [0.3, 0.4) is 0 Å². The topological polar surface area (TPSA) is 27.7 Å². The number of hydrogen-bond donors (Lipinski definition) is 0. The summed E-state index contributed by atoms with van der Waals surface area (Å²) in [4.78, 5) is 0. The molecule has 0 heterocycles. The highest BCUT2D eigenvalue weighted by Crippen LogP contribution is 2.02. The van der Waals surface area contributed by atoms with E-state index in [0.717, 1.165) is 0 Å². The quantitative estimate of drug-likeness (QED) is 0.744. The lowest BCUT2D eigenvalue weighted by molar-refractivity contribution is 0.132. The van der Waals surface area contributed by atoms with E-state index in [2.05, 4.69) is 19.1 Å². The van der Waals surface area contributed by atoms with Gasteiger partial charge in [0.25, 0.3) is 0 Å². The first kappa shape index (κ1) is 14.3. The third kappa shape index (κ3) is 6.41. The molecule has 0 unspecified atom stereocenters. The normalized spacial score (nSPS) is 10.5. The molecule has 0 saturated carbocycles. The van der Waals surface area contributed by atoms with Gasteiger partial charge >= 0.3 is 8.80 Å². The van der Waals surface area contributed by atoms with E-state index >= 15 is 0 Å². The second-order valence-electron chi connectivity index (χ2n) is 3.13. The van der Waals surface area contributed by atoms with Crippen molar-refractivity contribution >= 4 is 8.80 Å². The van der Waals surface area contributed by atoms with Crippen molar-refractivity contribution in [2.75, 3.05) is 21.3 Å². The van der Waals surface area contributed by atoms with Crippen molar-refractivity contribution in [1.82, 2.24) is 0 Å². The molecule has 0 fully saturated rings. The zero-order chi connectivity index (χ0) is 11.7. The van der Waals surface area contributed by atoms with Crippen molar-refractivity contribution in [3.8, 4) is 0 Å². The maximum atomic E-state index is 4.93. The van der Waals surface area contributed by atoms with Crippen molar-refractivity contribution in [2.45, 2.75) is 13.5 Å². The lowest BCUT2D eigenvalue weighted by atomic mass is 10.2. The Balaban J connectivity index is 0.000000262. The van der Waals surface area contributed by atoms with Gasteiger partial charge in [0.15, 0.2) is 0 Å². The van der Waals surface area contributed by atoms with Crippen LogP contribution in [0.2, 0.25) is 6.55 Å². The van der Waals surface area contributed by atoms with Gasteiger partial charge in [0.05, 0.1) is 0 Å². The molecule has 1 aromatic rings. The maximum Gasteiger partial charge on any atom is 0.496 e. The van der Waals surface area contributed by atoms with Crippen LogP contribution in [0.5, 0.6) is 0 Å². The predicted molar refractivity (Wildman–Crippen MR) is 63.8 cm³/mol. The molecule has 0 aliphatic carbocycles. The van der Waals surface area contributed by atoms with Gasteiger partial charge in [0, 0.05) is 27.9 Å². The Morgan fingerprint density at radius 3 is 1.40 bits per heavy atom. The molecule has 1 aromatic carbocycles. The second-order valence-corrected chi connectivity index (χ2v) is 6.08. The van der Waals surface area contributed by atoms with E-state index in [9.17, 15) is 0 Å². The molecule has 3 nitrogen and oxygen atoms in total. The third-order valence-electron chi connectivity index (χ3n) is 2.05. The zero-order valence-corrected chi connectivity index (χ0v) is 11.1. The van der Waals surface area contributed by atoms with Gasteiger partial charge in [-0.25, -0.2) is 0 Å². The summed E-state index contributed by atoms with van der Waals surface area (Å²) >= 11 is 0. The highest BCUT2D eigenvalue weighted by atomic mass is 28.4. The van der Waals surface area contributed by atoms with Gasteiger partial charge in [-0.3, -0.25) is 0 Å². The van der Waals surface area contributed by atoms with Gasteiger partial charge < -0.3 is 13.3 Å². The average molecular weight is 228 g/mol. The lowest BCUT2D eigenvalue weighted by Crippen LogP contribution is -2.38. The molecule has 0 N–H and O–H groups in total. The van der Waals surface area contributed by atoms with Gasteiger partial charge in [-0.15, -0.1) is 0 Å². The summed E-state index contributed by atoms with van der Waals surface area (Å²) in [5.41, 5.74) is 1.32. The SMILES string of the molecule is CO[Si](C)(OC)OC.Cc1ccccc1.